The van der Waals surface area contributed by atoms with Gasteiger partial charge in [0.25, 0.3) is 0 Å². The average molecular weight is 422 g/mol. The Balaban J connectivity index is 1.92. The van der Waals surface area contributed by atoms with Crippen LogP contribution in [0.1, 0.15) is 51.2 Å². The molecule has 5 N–H and O–H groups in total. The van der Waals surface area contributed by atoms with Gasteiger partial charge in [-0.1, -0.05) is 6.07 Å². The Hall–Kier alpha value is -1.84. The number of aliphatic hydroxyl groups excluding tert-OH is 3. The molecule has 2 aliphatic heterocycles. The van der Waals surface area contributed by atoms with Crippen LogP contribution < -0.4 is 5.73 Å². The van der Waals surface area contributed by atoms with Crippen LogP contribution in [-0.4, -0.2) is 75.9 Å². The third kappa shape index (κ3) is 3.67. The second-order valence-electron chi connectivity index (χ2n) is 8.67. The molecule has 0 spiro atoms. The van der Waals surface area contributed by atoms with Crippen LogP contribution in [-0.2, 0) is 19.7 Å². The molecule has 3 rings (SSSR count). The fourth-order valence-corrected chi connectivity index (χ4v) is 4.58. The highest BCUT2D eigenvalue weighted by Gasteiger charge is 2.46. The number of nitrogens with two attached hydrogens (primary N) is 1. The van der Waals surface area contributed by atoms with Crippen molar-refractivity contribution in [2.75, 3.05) is 13.7 Å². The molecular weight excluding hydrogens is 388 g/mol. The van der Waals surface area contributed by atoms with Gasteiger partial charge in [-0.15, -0.1) is 0 Å². The molecule has 8 heteroatoms. The second-order valence-corrected chi connectivity index (χ2v) is 8.67. The van der Waals surface area contributed by atoms with Gasteiger partial charge in [-0.25, -0.2) is 0 Å². The van der Waals surface area contributed by atoms with Crippen LogP contribution in [0.25, 0.3) is 0 Å². The molecule has 2 heterocycles. The van der Waals surface area contributed by atoms with Crippen molar-refractivity contribution in [3.63, 3.8) is 0 Å². The molecule has 0 aromatic heterocycles. The van der Waals surface area contributed by atoms with Crippen LogP contribution in [0.4, 0.5) is 5.69 Å². The van der Waals surface area contributed by atoms with Crippen LogP contribution in [0.2, 0.25) is 0 Å². The zero-order valence-corrected chi connectivity index (χ0v) is 18.2. The number of hydrogen-bond acceptors (Lipinski definition) is 6. The predicted octanol–water partition coefficient (Wildman–Crippen LogP) is 0.516. The first kappa shape index (κ1) is 22.8. The summed E-state index contributed by atoms with van der Waals surface area (Å²) >= 11 is 0. The third-order valence-corrected chi connectivity index (χ3v) is 6.72. The summed E-state index contributed by atoms with van der Waals surface area (Å²) in [4.78, 5) is 12.3. The lowest BCUT2D eigenvalue weighted by Gasteiger charge is -2.40. The summed E-state index contributed by atoms with van der Waals surface area (Å²) in [5, 5.41) is 30.5. The predicted molar refractivity (Wildman–Crippen MR) is 111 cm³/mol. The molecule has 1 amide bonds. The van der Waals surface area contributed by atoms with Crippen LogP contribution in [0.3, 0.4) is 0 Å². The summed E-state index contributed by atoms with van der Waals surface area (Å²) in [7, 11) is 1.34. The van der Waals surface area contributed by atoms with E-state index in [-0.39, 0.29) is 11.8 Å². The number of hydrogen-bond donors (Lipinski definition) is 4. The topological polar surface area (TPSA) is 125 Å². The van der Waals surface area contributed by atoms with Gasteiger partial charge in [-0.05, 0) is 38.8 Å². The maximum absolute atomic E-state index is 12.3. The van der Waals surface area contributed by atoms with Gasteiger partial charge >= 0.3 is 0 Å². The maximum atomic E-state index is 12.3. The van der Waals surface area contributed by atoms with E-state index in [1.54, 1.807) is 0 Å². The van der Waals surface area contributed by atoms with E-state index in [1.165, 1.54) is 12.8 Å². The molecule has 0 aliphatic carbocycles. The van der Waals surface area contributed by atoms with Crippen molar-refractivity contribution in [3.05, 3.63) is 29.3 Å². The fraction of sp³-hybridized carbons (Fsp3) is 0.636. The minimum Gasteiger partial charge on any atom is -0.388 e. The molecule has 1 saturated heterocycles. The lowest BCUT2D eigenvalue weighted by molar-refractivity contribution is -0.434. The van der Waals surface area contributed by atoms with E-state index < -0.39 is 42.5 Å². The molecule has 6 atom stereocenters. The number of fused-ring (bicyclic) bond motifs is 1. The molecule has 6 unspecified atom stereocenters. The van der Waals surface area contributed by atoms with Gasteiger partial charge in [0, 0.05) is 25.7 Å². The van der Waals surface area contributed by atoms with Gasteiger partial charge in [0.1, 0.15) is 24.9 Å². The first-order valence-electron chi connectivity index (χ1n) is 10.3. The highest BCUT2D eigenvalue weighted by molar-refractivity contribution is 5.93. The number of carbonyl (C=O) groups excluding carboxylic acids is 1. The number of primary amides is 1. The Morgan fingerprint density at radius 2 is 1.93 bits per heavy atom. The van der Waals surface area contributed by atoms with Gasteiger partial charge < -0.3 is 30.5 Å². The highest BCUT2D eigenvalue weighted by Crippen LogP contribution is 2.41. The van der Waals surface area contributed by atoms with Gasteiger partial charge in [-0.3, -0.25) is 4.79 Å². The summed E-state index contributed by atoms with van der Waals surface area (Å²) in [5.41, 5.74) is 9.71. The van der Waals surface area contributed by atoms with Gasteiger partial charge in [-0.2, -0.15) is 4.58 Å². The van der Waals surface area contributed by atoms with Crippen molar-refractivity contribution in [1.29, 1.82) is 0 Å². The van der Waals surface area contributed by atoms with E-state index >= 15 is 0 Å². The smallest absolute Gasteiger partial charge is 0.225 e. The summed E-state index contributed by atoms with van der Waals surface area (Å²) < 4.78 is 12.9. The van der Waals surface area contributed by atoms with Crippen molar-refractivity contribution < 1.29 is 34.2 Å². The number of nitrogens with zero attached hydrogens (tertiary/aromatic N) is 1. The second kappa shape index (κ2) is 8.36. The number of methoxy groups -OCH3 is 1. The van der Waals surface area contributed by atoms with E-state index in [0.29, 0.717) is 0 Å². The van der Waals surface area contributed by atoms with E-state index in [0.717, 1.165) is 23.4 Å². The lowest BCUT2D eigenvalue weighted by Crippen LogP contribution is -2.58. The Labute approximate surface area is 176 Å². The zero-order valence-electron chi connectivity index (χ0n) is 18.2. The fourth-order valence-electron chi connectivity index (χ4n) is 4.58. The largest absolute Gasteiger partial charge is 0.388 e. The number of benzene rings is 1. The van der Waals surface area contributed by atoms with E-state index in [4.69, 9.17) is 15.2 Å². The Kier molecular flexibility index (Phi) is 6.36. The van der Waals surface area contributed by atoms with Crippen molar-refractivity contribution in [2.24, 2.45) is 5.73 Å². The van der Waals surface area contributed by atoms with Crippen LogP contribution in [0.15, 0.2) is 18.2 Å². The Morgan fingerprint density at radius 3 is 2.50 bits per heavy atom. The average Bonchev–Trinajstić information content (AvgIpc) is 2.90. The van der Waals surface area contributed by atoms with E-state index in [1.807, 2.05) is 18.2 Å². The van der Waals surface area contributed by atoms with Crippen molar-refractivity contribution in [2.45, 2.75) is 76.2 Å². The number of ether oxygens (including phenoxy) is 2. The first-order valence-corrected chi connectivity index (χ1v) is 10.3. The van der Waals surface area contributed by atoms with Crippen molar-refractivity contribution in [1.82, 2.24) is 0 Å². The zero-order chi connectivity index (χ0) is 22.4. The molecule has 30 heavy (non-hydrogen) atoms. The number of amides is 1. The third-order valence-electron chi connectivity index (χ3n) is 6.72. The van der Waals surface area contributed by atoms with Crippen LogP contribution >= 0.6 is 0 Å². The van der Waals surface area contributed by atoms with Gasteiger partial charge in [0.05, 0.1) is 17.4 Å². The molecule has 1 aromatic carbocycles. The Bertz CT molecular complexity index is 850. The summed E-state index contributed by atoms with van der Waals surface area (Å²) in [6.07, 6.45) is -6.17. The van der Waals surface area contributed by atoms with Crippen molar-refractivity contribution >= 4 is 17.3 Å². The molecule has 2 aliphatic rings. The number of aliphatic hydroxyl groups is 3. The Morgan fingerprint density at radius 1 is 1.27 bits per heavy atom. The molecule has 1 fully saturated rings. The minimum atomic E-state index is -1.45. The molecule has 166 valence electrons. The molecule has 0 bridgehead atoms. The standard InChI is InChI=1S/C22H32N2O6/c1-6-24-11(2)22(3,4)14-9-12(7-8-15(14)24)13(20(23)28)10-16-17(25)18(26)19(27)21(29-5)30-16/h7-9,13,16-19,21,25-27H,6,10H2,1-5H3,(H-,23,28)/p+1. The maximum Gasteiger partial charge on any atom is 0.225 e. The summed E-state index contributed by atoms with van der Waals surface area (Å²) in [6.45, 7) is 9.35. The monoisotopic (exact) mass is 421 g/mol. The van der Waals surface area contributed by atoms with Crippen molar-refractivity contribution in [3.8, 4) is 0 Å². The minimum absolute atomic E-state index is 0.0551. The quantitative estimate of drug-likeness (QED) is 0.496. The number of rotatable bonds is 6. The lowest BCUT2D eigenvalue weighted by atomic mass is 9.79. The molecular formula is C22H33N2O6+. The SMILES string of the molecule is CC[N+]1=C(C)C(C)(C)c2cc(C(CC3OC(OC)C(O)C(O)C3O)C(N)=O)ccc21. The highest BCUT2D eigenvalue weighted by atomic mass is 16.7. The van der Waals surface area contributed by atoms with Crippen LogP contribution in [0, 0.1) is 0 Å². The number of carbonyl (C=O) groups is 1. The van der Waals surface area contributed by atoms with Crippen LogP contribution in [0.5, 0.6) is 0 Å². The molecule has 0 radical (unpaired) electrons. The molecule has 8 nitrogen and oxygen atoms in total. The molecule has 1 aromatic rings. The van der Waals surface area contributed by atoms with E-state index in [2.05, 4.69) is 32.3 Å². The van der Waals surface area contributed by atoms with Gasteiger partial charge in [0.2, 0.25) is 11.6 Å². The first-order chi connectivity index (χ1) is 14.0. The van der Waals surface area contributed by atoms with Gasteiger partial charge in [0.15, 0.2) is 12.0 Å². The normalized spacial score (nSPS) is 31.5. The molecule has 0 saturated carbocycles. The summed E-state index contributed by atoms with van der Waals surface area (Å²) in [5.74, 6) is -1.29. The summed E-state index contributed by atoms with van der Waals surface area (Å²) in [6, 6.07) is 5.87. The van der Waals surface area contributed by atoms with E-state index in [9.17, 15) is 20.1 Å².